The van der Waals surface area contributed by atoms with E-state index in [1.807, 2.05) is 31.3 Å². The van der Waals surface area contributed by atoms with Gasteiger partial charge in [-0.1, -0.05) is 0 Å². The molecule has 2 rings (SSSR count). The molecule has 2 aromatic rings. The van der Waals surface area contributed by atoms with Crippen molar-refractivity contribution in [3.8, 4) is 5.75 Å². The van der Waals surface area contributed by atoms with E-state index in [1.54, 1.807) is 6.92 Å². The van der Waals surface area contributed by atoms with Gasteiger partial charge < -0.3 is 4.74 Å². The van der Waals surface area contributed by atoms with Crippen LogP contribution in [0.15, 0.2) is 24.4 Å². The molecule has 0 aliphatic carbocycles. The van der Waals surface area contributed by atoms with Crippen LogP contribution in [0.5, 0.6) is 5.75 Å². The fourth-order valence-corrected chi connectivity index (χ4v) is 2.22. The van der Waals surface area contributed by atoms with Gasteiger partial charge in [-0.15, -0.1) is 12.6 Å². The zero-order valence-electron chi connectivity index (χ0n) is 9.98. The first-order chi connectivity index (χ1) is 8.47. The van der Waals surface area contributed by atoms with Gasteiger partial charge in [-0.05, 0) is 60.2 Å². The topological polar surface area (TPSA) is 39.2 Å². The van der Waals surface area contributed by atoms with E-state index in [2.05, 4.69) is 40.2 Å². The molecule has 0 fully saturated rings. The van der Waals surface area contributed by atoms with E-state index >= 15 is 0 Å². The Morgan fingerprint density at radius 3 is 2.83 bits per heavy atom. The highest BCUT2D eigenvalue weighted by Crippen LogP contribution is 2.25. The number of fused-ring (bicyclic) bond motifs is 1. The molecular formula is C13H12INO2S. The molecule has 1 atom stereocenters. The molecule has 0 saturated carbocycles. The maximum atomic E-state index is 11.1. The summed E-state index contributed by atoms with van der Waals surface area (Å²) in [4.78, 5) is 15.5. The Morgan fingerprint density at radius 1 is 1.44 bits per heavy atom. The van der Waals surface area contributed by atoms with Crippen molar-refractivity contribution < 1.29 is 9.53 Å². The Hall–Kier alpha value is -0.820. The zero-order valence-corrected chi connectivity index (χ0v) is 13.0. The fourth-order valence-electron chi connectivity index (χ4n) is 1.69. The smallest absolute Gasteiger partial charge is 0.226 e. The largest absolute Gasteiger partial charge is 0.482 e. The van der Waals surface area contributed by atoms with Gasteiger partial charge >= 0.3 is 0 Å². The van der Waals surface area contributed by atoms with Gasteiger partial charge in [0.2, 0.25) is 5.12 Å². The number of ether oxygens (including phenoxy) is 1. The summed E-state index contributed by atoms with van der Waals surface area (Å²) in [6.45, 7) is 3.66. The van der Waals surface area contributed by atoms with Gasteiger partial charge in [0.25, 0.3) is 0 Å². The number of pyridine rings is 1. The van der Waals surface area contributed by atoms with Crippen LogP contribution in [0, 0.1) is 10.5 Å². The van der Waals surface area contributed by atoms with Crippen molar-refractivity contribution in [1.29, 1.82) is 0 Å². The Morgan fingerprint density at radius 2 is 2.17 bits per heavy atom. The molecule has 0 aliphatic rings. The molecule has 0 radical (unpaired) electrons. The summed E-state index contributed by atoms with van der Waals surface area (Å²) < 4.78 is 6.61. The van der Waals surface area contributed by atoms with E-state index in [4.69, 9.17) is 4.74 Å². The van der Waals surface area contributed by atoms with Crippen molar-refractivity contribution in [3.63, 3.8) is 0 Å². The minimum absolute atomic E-state index is 0.284. The monoisotopic (exact) mass is 373 g/mol. The summed E-state index contributed by atoms with van der Waals surface area (Å²) in [6, 6.07) is 5.82. The predicted molar refractivity (Wildman–Crippen MR) is 83.3 cm³/mol. The number of benzene rings is 1. The molecule has 0 amide bonds. The molecule has 0 spiro atoms. The lowest BCUT2D eigenvalue weighted by Gasteiger charge is -2.13. The van der Waals surface area contributed by atoms with Crippen molar-refractivity contribution in [1.82, 2.24) is 4.98 Å². The molecule has 1 unspecified atom stereocenters. The maximum absolute atomic E-state index is 11.1. The minimum Gasteiger partial charge on any atom is -0.482 e. The zero-order chi connectivity index (χ0) is 13.3. The third-order valence-electron chi connectivity index (χ3n) is 2.57. The Labute approximate surface area is 124 Å². The lowest BCUT2D eigenvalue weighted by atomic mass is 10.1. The van der Waals surface area contributed by atoms with E-state index in [-0.39, 0.29) is 5.12 Å². The molecule has 0 aliphatic heterocycles. The summed E-state index contributed by atoms with van der Waals surface area (Å²) in [5.74, 6) is 0.665. The Bertz CT molecular complexity index is 615. The fraction of sp³-hybridized carbons (Fsp3) is 0.231. The quantitative estimate of drug-likeness (QED) is 0.663. The molecule has 3 nitrogen and oxygen atoms in total. The van der Waals surface area contributed by atoms with Crippen LogP contribution < -0.4 is 4.74 Å². The van der Waals surface area contributed by atoms with E-state index < -0.39 is 6.10 Å². The SMILES string of the molecule is Cc1cc(OC(C)C(=O)S)cc2cc(I)cnc12. The van der Waals surface area contributed by atoms with Gasteiger partial charge in [-0.3, -0.25) is 9.78 Å². The average molecular weight is 373 g/mol. The van der Waals surface area contributed by atoms with Crippen LogP contribution in [0.25, 0.3) is 10.9 Å². The van der Waals surface area contributed by atoms with E-state index in [1.165, 1.54) is 0 Å². The third kappa shape index (κ3) is 2.95. The second kappa shape index (κ2) is 5.44. The van der Waals surface area contributed by atoms with Gasteiger partial charge in [0.1, 0.15) is 5.75 Å². The molecule has 1 aromatic heterocycles. The molecule has 0 N–H and O–H groups in total. The lowest BCUT2D eigenvalue weighted by molar-refractivity contribution is -0.116. The molecule has 0 bridgehead atoms. The number of aryl methyl sites for hydroxylation is 1. The van der Waals surface area contributed by atoms with E-state index in [9.17, 15) is 4.79 Å². The molecule has 0 saturated heterocycles. The molecule has 1 aromatic carbocycles. The van der Waals surface area contributed by atoms with Gasteiger partial charge in [-0.25, -0.2) is 0 Å². The van der Waals surface area contributed by atoms with Gasteiger partial charge in [-0.2, -0.15) is 0 Å². The van der Waals surface area contributed by atoms with Crippen LogP contribution in [0.3, 0.4) is 0 Å². The van der Waals surface area contributed by atoms with E-state index in [0.717, 1.165) is 20.0 Å². The number of carbonyl (C=O) groups is 1. The van der Waals surface area contributed by atoms with Crippen molar-refractivity contribution in [2.75, 3.05) is 0 Å². The Kier molecular flexibility index (Phi) is 4.11. The number of hydrogen-bond donors (Lipinski definition) is 1. The van der Waals surface area contributed by atoms with Crippen molar-refractivity contribution in [2.45, 2.75) is 20.0 Å². The third-order valence-corrected chi connectivity index (χ3v) is 3.53. The van der Waals surface area contributed by atoms with Crippen molar-refractivity contribution in [3.05, 3.63) is 33.5 Å². The highest BCUT2D eigenvalue weighted by Gasteiger charge is 2.11. The van der Waals surface area contributed by atoms with Crippen LogP contribution in [0.2, 0.25) is 0 Å². The van der Waals surface area contributed by atoms with Gasteiger partial charge in [0.05, 0.1) is 5.52 Å². The molecule has 5 heteroatoms. The summed E-state index contributed by atoms with van der Waals surface area (Å²) in [5, 5.41) is 0.726. The maximum Gasteiger partial charge on any atom is 0.226 e. The molecule has 18 heavy (non-hydrogen) atoms. The first-order valence-electron chi connectivity index (χ1n) is 5.43. The summed E-state index contributed by atoms with van der Waals surface area (Å²) >= 11 is 5.98. The Balaban J connectivity index is 2.44. The normalized spacial score (nSPS) is 12.4. The van der Waals surface area contributed by atoms with Crippen LogP contribution >= 0.6 is 35.2 Å². The van der Waals surface area contributed by atoms with Crippen LogP contribution in [0.4, 0.5) is 0 Å². The number of rotatable bonds is 3. The van der Waals surface area contributed by atoms with E-state index in [0.29, 0.717) is 5.75 Å². The van der Waals surface area contributed by atoms with Gasteiger partial charge in [0.15, 0.2) is 6.10 Å². The molecule has 94 valence electrons. The standard InChI is InChI=1S/C13H12INO2S/c1-7-3-11(17-8(2)13(16)18)5-9-4-10(14)6-15-12(7)9/h3-6,8H,1-2H3,(H,16,18). The first-order valence-corrected chi connectivity index (χ1v) is 6.95. The number of thiol groups is 1. The molecule has 1 heterocycles. The minimum atomic E-state index is -0.555. The summed E-state index contributed by atoms with van der Waals surface area (Å²) in [7, 11) is 0. The molecular weight excluding hydrogens is 361 g/mol. The van der Waals surface area contributed by atoms with Crippen molar-refractivity contribution >= 4 is 51.2 Å². The summed E-state index contributed by atoms with van der Waals surface area (Å²) in [5.41, 5.74) is 1.98. The first kappa shape index (κ1) is 13.6. The second-order valence-corrected chi connectivity index (χ2v) is 5.75. The number of hydrogen-bond acceptors (Lipinski definition) is 3. The highest BCUT2D eigenvalue weighted by atomic mass is 127. The van der Waals surface area contributed by atoms with Crippen molar-refractivity contribution in [2.24, 2.45) is 0 Å². The average Bonchev–Trinajstić information content (AvgIpc) is 2.27. The number of halogens is 1. The number of nitrogens with zero attached hydrogens (tertiary/aromatic N) is 1. The predicted octanol–water partition coefficient (Wildman–Crippen LogP) is 3.37. The van der Waals surface area contributed by atoms with Crippen LogP contribution in [-0.4, -0.2) is 16.2 Å². The number of carbonyl (C=O) groups excluding carboxylic acids is 1. The highest BCUT2D eigenvalue weighted by molar-refractivity contribution is 14.1. The second-order valence-electron chi connectivity index (χ2n) is 4.06. The van der Waals surface area contributed by atoms with Gasteiger partial charge in [0, 0.05) is 15.2 Å². The lowest BCUT2D eigenvalue weighted by Crippen LogP contribution is -2.19. The van der Waals surface area contributed by atoms with Crippen LogP contribution in [0.1, 0.15) is 12.5 Å². The van der Waals surface area contributed by atoms with Crippen LogP contribution in [-0.2, 0) is 4.79 Å². The number of aromatic nitrogens is 1. The summed E-state index contributed by atoms with van der Waals surface area (Å²) in [6.07, 6.45) is 1.27.